The molecule has 4 amide bonds. The summed E-state index contributed by atoms with van der Waals surface area (Å²) < 4.78 is 0. The average Bonchev–Trinajstić information content (AvgIpc) is 3.28. The molecule has 1 heterocycles. The van der Waals surface area contributed by atoms with Gasteiger partial charge in [-0.25, -0.2) is 0 Å². The number of carbonyl (C=O) groups is 4. The zero-order valence-corrected chi connectivity index (χ0v) is 21.1. The lowest BCUT2D eigenvalue weighted by atomic mass is 10.1. The van der Waals surface area contributed by atoms with Crippen molar-refractivity contribution in [2.45, 2.75) is 90.3 Å². The number of rotatable bonds is 14. The number of guanidine groups is 1. The first-order chi connectivity index (χ1) is 16.1. The van der Waals surface area contributed by atoms with Gasteiger partial charge in [0.05, 0.1) is 0 Å². The number of likely N-dealkylation sites (tertiary alicyclic amines) is 1. The minimum Gasteiger partial charge on any atom is -0.370 e. The van der Waals surface area contributed by atoms with Gasteiger partial charge in [0, 0.05) is 46.1 Å². The Morgan fingerprint density at radius 1 is 1.15 bits per heavy atom. The fraction of sp³-hybridized carbons (Fsp3) is 0.783. The van der Waals surface area contributed by atoms with E-state index in [2.05, 4.69) is 15.6 Å². The molecule has 1 aliphatic rings. The number of aliphatic imine (C=N–C) groups is 1. The Labute approximate surface area is 203 Å². The van der Waals surface area contributed by atoms with E-state index in [0.717, 1.165) is 19.3 Å². The molecule has 1 saturated heterocycles. The van der Waals surface area contributed by atoms with E-state index in [0.29, 0.717) is 51.7 Å². The zero-order valence-electron chi connectivity index (χ0n) is 21.1. The van der Waals surface area contributed by atoms with Crippen LogP contribution in [0, 0.1) is 0 Å². The van der Waals surface area contributed by atoms with Gasteiger partial charge in [-0.1, -0.05) is 6.92 Å². The molecule has 11 nitrogen and oxygen atoms in total. The van der Waals surface area contributed by atoms with Gasteiger partial charge in [-0.05, 0) is 51.9 Å². The van der Waals surface area contributed by atoms with Gasteiger partial charge in [-0.2, -0.15) is 0 Å². The highest BCUT2D eigenvalue weighted by Gasteiger charge is 2.39. The average molecular weight is 482 g/mol. The minimum atomic E-state index is -0.685. The summed E-state index contributed by atoms with van der Waals surface area (Å²) in [5.41, 5.74) is 10.7. The van der Waals surface area contributed by atoms with Crippen LogP contribution in [0.25, 0.3) is 0 Å². The van der Waals surface area contributed by atoms with Crippen LogP contribution in [0.1, 0.15) is 72.1 Å². The second-order valence-corrected chi connectivity index (χ2v) is 8.89. The second-order valence-electron chi connectivity index (χ2n) is 8.89. The largest absolute Gasteiger partial charge is 0.370 e. The number of nitrogens with two attached hydrogens (primary N) is 2. The Balaban J connectivity index is 2.70. The van der Waals surface area contributed by atoms with Crippen LogP contribution in [0.2, 0.25) is 0 Å². The van der Waals surface area contributed by atoms with Gasteiger partial charge >= 0.3 is 0 Å². The van der Waals surface area contributed by atoms with Crippen molar-refractivity contribution in [1.29, 1.82) is 0 Å². The lowest BCUT2D eigenvalue weighted by Gasteiger charge is -2.33. The summed E-state index contributed by atoms with van der Waals surface area (Å²) in [5, 5.41) is 5.56. The van der Waals surface area contributed by atoms with Crippen LogP contribution in [-0.2, 0) is 19.2 Å². The van der Waals surface area contributed by atoms with Gasteiger partial charge in [0.2, 0.25) is 23.6 Å². The van der Waals surface area contributed by atoms with Crippen LogP contribution in [0.5, 0.6) is 0 Å². The molecule has 0 spiro atoms. The molecule has 3 unspecified atom stereocenters. The molecule has 0 saturated carbocycles. The highest BCUT2D eigenvalue weighted by atomic mass is 16.2. The second kappa shape index (κ2) is 15.1. The van der Waals surface area contributed by atoms with E-state index in [1.54, 1.807) is 23.8 Å². The molecule has 0 bridgehead atoms. The smallest absolute Gasteiger partial charge is 0.245 e. The molecule has 0 aromatic heterocycles. The van der Waals surface area contributed by atoms with E-state index in [1.165, 1.54) is 6.92 Å². The Hall–Kier alpha value is -2.85. The fourth-order valence-electron chi connectivity index (χ4n) is 4.06. The summed E-state index contributed by atoms with van der Waals surface area (Å²) in [6.07, 6.45) is 5.08. The number of nitrogens with zero attached hydrogens (tertiary/aromatic N) is 3. The van der Waals surface area contributed by atoms with Crippen LogP contribution in [0.3, 0.4) is 0 Å². The van der Waals surface area contributed by atoms with Crippen molar-refractivity contribution in [2.24, 2.45) is 16.5 Å². The number of carbonyl (C=O) groups excluding carboxylic acids is 4. The minimum absolute atomic E-state index is 0.0116. The molecule has 3 atom stereocenters. The molecule has 1 rings (SSSR count). The summed E-state index contributed by atoms with van der Waals surface area (Å²) in [7, 11) is 1.75. The standard InChI is InChI=1S/C23H43N7O4/c1-5-20(32)26-13-7-6-11-18(28-17(3)31)21(33)30-15-9-12-19(30)22(34)29(4)16(2)10-8-14-27-23(24)25/h16,18-19H,5-15H2,1-4H3,(H,26,32)(H,28,31)(H4,24,25,27). The number of nitrogens with one attached hydrogen (secondary N) is 2. The summed E-state index contributed by atoms with van der Waals surface area (Å²) in [5.74, 6) is -0.563. The fourth-order valence-corrected chi connectivity index (χ4v) is 4.06. The van der Waals surface area contributed by atoms with Gasteiger partial charge in [0.15, 0.2) is 5.96 Å². The van der Waals surface area contributed by atoms with Crippen molar-refractivity contribution < 1.29 is 19.2 Å². The van der Waals surface area contributed by atoms with Gasteiger partial charge in [-0.3, -0.25) is 24.2 Å². The predicted molar refractivity (Wildman–Crippen MR) is 132 cm³/mol. The maximum atomic E-state index is 13.3. The third-order valence-electron chi connectivity index (χ3n) is 6.14. The normalized spacial score (nSPS) is 16.9. The third-order valence-corrected chi connectivity index (χ3v) is 6.14. The van der Waals surface area contributed by atoms with Crippen molar-refractivity contribution in [3.63, 3.8) is 0 Å². The lowest BCUT2D eigenvalue weighted by Crippen LogP contribution is -2.54. The Morgan fingerprint density at radius 2 is 1.85 bits per heavy atom. The summed E-state index contributed by atoms with van der Waals surface area (Å²) in [6.45, 7) is 6.66. The van der Waals surface area contributed by atoms with Gasteiger partial charge in [0.1, 0.15) is 12.1 Å². The topological polar surface area (TPSA) is 163 Å². The van der Waals surface area contributed by atoms with E-state index >= 15 is 0 Å². The van der Waals surface area contributed by atoms with Crippen molar-refractivity contribution in [1.82, 2.24) is 20.4 Å². The molecule has 6 N–H and O–H groups in total. The van der Waals surface area contributed by atoms with E-state index in [-0.39, 0.29) is 35.6 Å². The maximum absolute atomic E-state index is 13.3. The number of hydrogen-bond acceptors (Lipinski definition) is 5. The molecule has 11 heteroatoms. The molecule has 194 valence electrons. The highest BCUT2D eigenvalue weighted by Crippen LogP contribution is 2.22. The van der Waals surface area contributed by atoms with Crippen molar-refractivity contribution >= 4 is 29.6 Å². The summed E-state index contributed by atoms with van der Waals surface area (Å²) in [4.78, 5) is 56.9. The number of unbranched alkanes of at least 4 members (excludes halogenated alkanes) is 1. The molecule has 34 heavy (non-hydrogen) atoms. The van der Waals surface area contributed by atoms with Gasteiger partial charge in [0.25, 0.3) is 0 Å². The van der Waals surface area contributed by atoms with E-state index < -0.39 is 12.1 Å². The maximum Gasteiger partial charge on any atom is 0.245 e. The summed E-state index contributed by atoms with van der Waals surface area (Å²) >= 11 is 0. The lowest BCUT2D eigenvalue weighted by molar-refractivity contribution is -0.146. The molecule has 1 fully saturated rings. The molecular formula is C23H43N7O4. The first-order valence-corrected chi connectivity index (χ1v) is 12.2. The van der Waals surface area contributed by atoms with E-state index in [1.807, 2.05) is 6.92 Å². The van der Waals surface area contributed by atoms with Crippen LogP contribution < -0.4 is 22.1 Å². The Kier molecular flexibility index (Phi) is 13.0. The molecule has 1 aliphatic heterocycles. The van der Waals surface area contributed by atoms with Gasteiger partial charge in [-0.15, -0.1) is 0 Å². The van der Waals surface area contributed by atoms with Crippen molar-refractivity contribution in [2.75, 3.05) is 26.7 Å². The predicted octanol–water partition coefficient (Wildman–Crippen LogP) is 0.0791. The van der Waals surface area contributed by atoms with Crippen molar-refractivity contribution in [3.8, 4) is 0 Å². The van der Waals surface area contributed by atoms with Crippen molar-refractivity contribution in [3.05, 3.63) is 0 Å². The third kappa shape index (κ3) is 9.96. The van der Waals surface area contributed by atoms with Crippen LogP contribution in [0.15, 0.2) is 4.99 Å². The Morgan fingerprint density at radius 3 is 2.47 bits per heavy atom. The van der Waals surface area contributed by atoms with E-state index in [4.69, 9.17) is 11.5 Å². The van der Waals surface area contributed by atoms with Crippen LogP contribution in [-0.4, -0.2) is 84.2 Å². The molecule has 0 radical (unpaired) electrons. The monoisotopic (exact) mass is 481 g/mol. The quantitative estimate of drug-likeness (QED) is 0.156. The highest BCUT2D eigenvalue weighted by molar-refractivity contribution is 5.92. The SMILES string of the molecule is CCC(=O)NCCCCC(NC(C)=O)C(=O)N1CCCC1C(=O)N(C)C(C)CCCN=C(N)N. The molecule has 0 aliphatic carbocycles. The first kappa shape index (κ1) is 29.2. The number of hydrogen-bond donors (Lipinski definition) is 4. The summed E-state index contributed by atoms with van der Waals surface area (Å²) in [6, 6.07) is -1.24. The molecule has 0 aromatic rings. The van der Waals surface area contributed by atoms with Crippen LogP contribution in [0.4, 0.5) is 0 Å². The van der Waals surface area contributed by atoms with E-state index in [9.17, 15) is 19.2 Å². The Bertz CT molecular complexity index is 724. The van der Waals surface area contributed by atoms with Gasteiger partial charge < -0.3 is 31.9 Å². The molecular weight excluding hydrogens is 438 g/mol. The molecule has 0 aromatic carbocycles. The van der Waals surface area contributed by atoms with Crippen LogP contribution >= 0.6 is 0 Å². The number of amides is 4. The zero-order chi connectivity index (χ0) is 25.7. The number of likely N-dealkylation sites (N-methyl/N-ethyl adjacent to an activating group) is 1. The first-order valence-electron chi connectivity index (χ1n) is 12.2.